The molecule has 0 amide bonds. The van der Waals surface area contributed by atoms with Crippen LogP contribution in [0.5, 0.6) is 5.75 Å². The van der Waals surface area contributed by atoms with Crippen molar-refractivity contribution in [1.29, 1.82) is 0 Å². The minimum Gasteiger partial charge on any atom is -0.496 e. The van der Waals surface area contributed by atoms with Gasteiger partial charge in [0.05, 0.1) is 7.11 Å². The number of rotatable bonds is 5. The van der Waals surface area contributed by atoms with Gasteiger partial charge in [-0.05, 0) is 37.0 Å². The van der Waals surface area contributed by atoms with Gasteiger partial charge in [0.1, 0.15) is 5.75 Å². The zero-order valence-corrected chi connectivity index (χ0v) is 13.5. The minimum atomic E-state index is 0.669. The molecule has 0 aromatic heterocycles. The maximum atomic E-state index is 5.42. The summed E-state index contributed by atoms with van der Waals surface area (Å²) in [5.41, 5.74) is 1.23. The number of hydrogen-bond donors (Lipinski definition) is 1. The third-order valence-electron chi connectivity index (χ3n) is 4.18. The molecule has 0 radical (unpaired) electrons. The van der Waals surface area contributed by atoms with Gasteiger partial charge in [-0.1, -0.05) is 42.1 Å². The van der Waals surface area contributed by atoms with Crippen LogP contribution in [0.15, 0.2) is 22.7 Å². The number of benzene rings is 1. The van der Waals surface area contributed by atoms with E-state index in [1.165, 1.54) is 37.7 Å². The first-order valence-corrected chi connectivity index (χ1v) is 8.08. The van der Waals surface area contributed by atoms with Gasteiger partial charge in [-0.3, -0.25) is 0 Å². The summed E-state index contributed by atoms with van der Waals surface area (Å²) in [4.78, 5) is 0. The molecule has 0 saturated heterocycles. The Kier molecular flexibility index (Phi) is 5.71. The van der Waals surface area contributed by atoms with Crippen LogP contribution in [0.3, 0.4) is 0 Å². The van der Waals surface area contributed by atoms with Crippen molar-refractivity contribution in [2.24, 2.45) is 5.92 Å². The molecule has 0 spiro atoms. The predicted molar refractivity (Wildman–Crippen MR) is 83.6 cm³/mol. The van der Waals surface area contributed by atoms with Gasteiger partial charge in [0, 0.05) is 22.6 Å². The van der Waals surface area contributed by atoms with Gasteiger partial charge in [0.25, 0.3) is 0 Å². The maximum Gasteiger partial charge on any atom is 0.123 e. The second-order valence-electron chi connectivity index (χ2n) is 5.47. The normalized spacial score (nSPS) is 23.3. The van der Waals surface area contributed by atoms with Crippen molar-refractivity contribution in [3.63, 3.8) is 0 Å². The first-order valence-electron chi connectivity index (χ1n) is 7.28. The number of nitrogens with one attached hydrogen (secondary N) is 1. The molecule has 1 aliphatic carbocycles. The fraction of sp³-hybridized carbons (Fsp3) is 0.625. The molecule has 3 heteroatoms. The molecular formula is C16H24BrNO. The second kappa shape index (κ2) is 7.30. The summed E-state index contributed by atoms with van der Waals surface area (Å²) in [5.74, 6) is 1.88. The predicted octanol–water partition coefficient (Wildman–Crippen LogP) is 4.52. The standard InChI is InChI=1S/C16H24BrNO/c1-3-12-5-4-6-15(9-12)18-11-13-10-14(17)7-8-16(13)19-2/h7-8,10,12,15,18H,3-6,9,11H2,1-2H3. The molecule has 2 nitrogen and oxygen atoms in total. The van der Waals surface area contributed by atoms with E-state index < -0.39 is 0 Å². The van der Waals surface area contributed by atoms with Crippen molar-refractivity contribution in [2.75, 3.05) is 7.11 Å². The molecule has 106 valence electrons. The monoisotopic (exact) mass is 325 g/mol. The highest BCUT2D eigenvalue weighted by Gasteiger charge is 2.20. The summed E-state index contributed by atoms with van der Waals surface area (Å²) in [5, 5.41) is 3.70. The average molecular weight is 326 g/mol. The highest BCUT2D eigenvalue weighted by Crippen LogP contribution is 2.28. The largest absolute Gasteiger partial charge is 0.496 e. The molecule has 2 rings (SSSR count). The van der Waals surface area contributed by atoms with Crippen LogP contribution < -0.4 is 10.1 Å². The number of methoxy groups -OCH3 is 1. The molecule has 1 N–H and O–H groups in total. The van der Waals surface area contributed by atoms with E-state index in [9.17, 15) is 0 Å². The first-order chi connectivity index (χ1) is 9.22. The highest BCUT2D eigenvalue weighted by molar-refractivity contribution is 9.10. The van der Waals surface area contributed by atoms with E-state index in [4.69, 9.17) is 4.74 Å². The van der Waals surface area contributed by atoms with Crippen molar-refractivity contribution in [2.45, 2.75) is 51.6 Å². The van der Waals surface area contributed by atoms with Gasteiger partial charge in [0.2, 0.25) is 0 Å². The van der Waals surface area contributed by atoms with Crippen LogP contribution in [-0.4, -0.2) is 13.2 Å². The number of ether oxygens (including phenoxy) is 1. The fourth-order valence-electron chi connectivity index (χ4n) is 2.99. The fourth-order valence-corrected chi connectivity index (χ4v) is 3.40. The molecule has 2 unspecified atom stereocenters. The Labute approximate surface area is 125 Å². The molecular weight excluding hydrogens is 302 g/mol. The van der Waals surface area contributed by atoms with Crippen LogP contribution in [0.1, 0.15) is 44.6 Å². The Morgan fingerprint density at radius 1 is 1.37 bits per heavy atom. The van der Waals surface area contributed by atoms with Crippen molar-refractivity contribution in [1.82, 2.24) is 5.32 Å². The van der Waals surface area contributed by atoms with E-state index in [-0.39, 0.29) is 0 Å². The van der Waals surface area contributed by atoms with Crippen molar-refractivity contribution >= 4 is 15.9 Å². The van der Waals surface area contributed by atoms with Crippen LogP contribution in [0.2, 0.25) is 0 Å². The Bertz CT molecular complexity index is 408. The van der Waals surface area contributed by atoms with Gasteiger partial charge < -0.3 is 10.1 Å². The van der Waals surface area contributed by atoms with Crippen molar-refractivity contribution in [3.8, 4) is 5.75 Å². The Balaban J connectivity index is 1.92. The van der Waals surface area contributed by atoms with E-state index in [1.807, 2.05) is 12.1 Å². The van der Waals surface area contributed by atoms with Gasteiger partial charge >= 0.3 is 0 Å². The quantitative estimate of drug-likeness (QED) is 0.859. The lowest BCUT2D eigenvalue weighted by Gasteiger charge is -2.29. The number of halogens is 1. The maximum absolute atomic E-state index is 5.42. The van der Waals surface area contributed by atoms with E-state index >= 15 is 0 Å². The highest BCUT2D eigenvalue weighted by atomic mass is 79.9. The molecule has 1 aliphatic rings. The van der Waals surface area contributed by atoms with E-state index in [0.29, 0.717) is 6.04 Å². The third-order valence-corrected chi connectivity index (χ3v) is 4.68. The second-order valence-corrected chi connectivity index (χ2v) is 6.39. The summed E-state index contributed by atoms with van der Waals surface area (Å²) in [7, 11) is 1.74. The lowest BCUT2D eigenvalue weighted by atomic mass is 9.84. The molecule has 0 heterocycles. The van der Waals surface area contributed by atoms with Gasteiger partial charge in [-0.25, -0.2) is 0 Å². The van der Waals surface area contributed by atoms with E-state index in [2.05, 4.69) is 34.2 Å². The summed E-state index contributed by atoms with van der Waals surface area (Å²) in [6, 6.07) is 6.86. The summed E-state index contributed by atoms with van der Waals surface area (Å²) >= 11 is 3.53. The van der Waals surface area contributed by atoms with Crippen molar-refractivity contribution in [3.05, 3.63) is 28.2 Å². The third kappa shape index (κ3) is 4.22. The molecule has 1 saturated carbocycles. The molecule has 1 aromatic carbocycles. The van der Waals surface area contributed by atoms with E-state index in [0.717, 1.165) is 22.7 Å². The smallest absolute Gasteiger partial charge is 0.123 e. The molecule has 2 atom stereocenters. The van der Waals surface area contributed by atoms with Crippen LogP contribution in [0.25, 0.3) is 0 Å². The molecule has 19 heavy (non-hydrogen) atoms. The Morgan fingerprint density at radius 3 is 2.95 bits per heavy atom. The van der Waals surface area contributed by atoms with Crippen LogP contribution >= 0.6 is 15.9 Å². The summed E-state index contributed by atoms with van der Waals surface area (Å²) < 4.78 is 6.53. The van der Waals surface area contributed by atoms with E-state index in [1.54, 1.807) is 7.11 Å². The molecule has 1 fully saturated rings. The van der Waals surface area contributed by atoms with Gasteiger partial charge in [-0.2, -0.15) is 0 Å². The SMILES string of the molecule is CCC1CCCC(NCc2cc(Br)ccc2OC)C1. The first kappa shape index (κ1) is 14.9. The minimum absolute atomic E-state index is 0.669. The van der Waals surface area contributed by atoms with Gasteiger partial charge in [-0.15, -0.1) is 0 Å². The van der Waals surface area contributed by atoms with Crippen molar-refractivity contribution < 1.29 is 4.74 Å². The Hall–Kier alpha value is -0.540. The topological polar surface area (TPSA) is 21.3 Å². The van der Waals surface area contributed by atoms with Crippen LogP contribution in [0, 0.1) is 5.92 Å². The zero-order valence-electron chi connectivity index (χ0n) is 11.9. The summed E-state index contributed by atoms with van der Waals surface area (Å²) in [6.07, 6.45) is 6.73. The van der Waals surface area contributed by atoms with Crippen LogP contribution in [-0.2, 0) is 6.54 Å². The molecule has 0 bridgehead atoms. The lowest BCUT2D eigenvalue weighted by molar-refractivity contribution is 0.277. The van der Waals surface area contributed by atoms with Gasteiger partial charge in [0.15, 0.2) is 0 Å². The lowest BCUT2D eigenvalue weighted by Crippen LogP contribution is -2.33. The average Bonchev–Trinajstić information content (AvgIpc) is 2.45. The Morgan fingerprint density at radius 2 is 2.21 bits per heavy atom. The van der Waals surface area contributed by atoms with Crippen LogP contribution in [0.4, 0.5) is 0 Å². The number of hydrogen-bond acceptors (Lipinski definition) is 2. The zero-order chi connectivity index (χ0) is 13.7. The molecule has 0 aliphatic heterocycles. The summed E-state index contributed by atoms with van der Waals surface area (Å²) in [6.45, 7) is 3.20. The molecule has 1 aromatic rings.